The molecule has 1 fully saturated rings. The minimum atomic E-state index is -4.82. The van der Waals surface area contributed by atoms with Crippen LogP contribution in [0.1, 0.15) is 78.1 Å². The van der Waals surface area contributed by atoms with Crippen LogP contribution in [-0.4, -0.2) is 65.4 Å². The lowest BCUT2D eigenvalue weighted by Crippen LogP contribution is -2.41. The number of ether oxygens (including phenoxy) is 1. The van der Waals surface area contributed by atoms with E-state index in [1.807, 2.05) is 13.8 Å². The molecule has 1 amide bonds. The summed E-state index contributed by atoms with van der Waals surface area (Å²) in [5.74, 6) is -1.91. The molecule has 16 heteroatoms. The van der Waals surface area contributed by atoms with Gasteiger partial charge in [-0.25, -0.2) is 4.68 Å². The average Bonchev–Trinajstić information content (AvgIpc) is 3.23. The first kappa shape index (κ1) is 33.0. The minimum Gasteiger partial charge on any atom is -0.459 e. The van der Waals surface area contributed by atoms with E-state index in [9.17, 15) is 36.0 Å². The highest BCUT2D eigenvalue weighted by Crippen LogP contribution is 2.42. The van der Waals surface area contributed by atoms with E-state index in [1.54, 1.807) is 0 Å². The second-order valence-electron chi connectivity index (χ2n) is 11.1. The summed E-state index contributed by atoms with van der Waals surface area (Å²) < 4.78 is 74.0. The number of carbonyl (C=O) groups excluding carboxylic acids is 3. The lowest BCUT2D eigenvalue weighted by atomic mass is 9.75. The van der Waals surface area contributed by atoms with Gasteiger partial charge in [0.1, 0.15) is 6.10 Å². The Hall–Kier alpha value is -3.50. The summed E-state index contributed by atoms with van der Waals surface area (Å²) in [6.45, 7) is 3.35. The standard InChI is InChI=1S/C25H30F3N5O4.CH4O3S/c1-24(2)10-17-21(18(34)11-24)22(25(26,27)28)32-33(17)13-7-8-14(23(30)36)16(9-13)31-15-5-3-4-6-19(15)37-20(35)12-29;1-5(2,3)4/h7-9,15,19,31H,3-6,10-12,29H2,1-2H3,(H2,30,36);1H3,(H,2,3,4)/t15-,19-;/m0./s1. The second kappa shape index (κ2) is 12.4. The summed E-state index contributed by atoms with van der Waals surface area (Å²) in [5, 5.41) is 7.03. The molecule has 42 heavy (non-hydrogen) atoms. The summed E-state index contributed by atoms with van der Waals surface area (Å²) in [5.41, 5.74) is 9.55. The van der Waals surface area contributed by atoms with Crippen molar-refractivity contribution >= 4 is 33.5 Å². The van der Waals surface area contributed by atoms with E-state index < -0.39 is 56.7 Å². The molecule has 1 aromatic heterocycles. The molecule has 4 rings (SSSR count). The lowest BCUT2D eigenvalue weighted by Gasteiger charge is -2.33. The Bertz CT molecular complexity index is 1460. The molecule has 0 spiro atoms. The Kier molecular flexibility index (Phi) is 9.74. The second-order valence-corrected chi connectivity index (χ2v) is 12.6. The van der Waals surface area contributed by atoms with Crippen LogP contribution in [0.15, 0.2) is 18.2 Å². The fourth-order valence-electron chi connectivity index (χ4n) is 5.18. The van der Waals surface area contributed by atoms with Crippen LogP contribution in [0.5, 0.6) is 0 Å². The third-order valence-corrected chi connectivity index (χ3v) is 6.82. The van der Waals surface area contributed by atoms with Crippen LogP contribution in [0.2, 0.25) is 0 Å². The molecule has 1 aromatic carbocycles. The molecular weight excluding hydrogens is 583 g/mol. The molecule has 2 atom stereocenters. The maximum absolute atomic E-state index is 13.9. The SMILES string of the molecule is CC1(C)CC(=O)c2c(C(F)(F)F)nn(-c3ccc(C(N)=O)c(N[C@H]4CCCC[C@@H]4OC(=O)CN)c3)c2C1.CS(=O)(=O)O. The van der Waals surface area contributed by atoms with E-state index in [2.05, 4.69) is 10.4 Å². The van der Waals surface area contributed by atoms with E-state index in [0.717, 1.165) is 17.5 Å². The lowest BCUT2D eigenvalue weighted by molar-refractivity contribution is -0.149. The van der Waals surface area contributed by atoms with E-state index in [4.69, 9.17) is 20.8 Å². The topological polar surface area (TPSA) is 197 Å². The van der Waals surface area contributed by atoms with E-state index in [-0.39, 0.29) is 48.1 Å². The number of esters is 1. The molecule has 2 aliphatic carbocycles. The molecule has 1 saturated carbocycles. The van der Waals surface area contributed by atoms with E-state index in [0.29, 0.717) is 19.1 Å². The number of rotatable bonds is 6. The zero-order valence-corrected chi connectivity index (χ0v) is 24.1. The van der Waals surface area contributed by atoms with Gasteiger partial charge in [0.05, 0.1) is 41.4 Å². The number of fused-ring (bicyclic) bond motifs is 1. The van der Waals surface area contributed by atoms with Gasteiger partial charge in [-0.2, -0.15) is 26.7 Å². The molecule has 2 aromatic rings. The summed E-state index contributed by atoms with van der Waals surface area (Å²) in [6.07, 6.45) is -1.51. The number of carbonyl (C=O) groups is 3. The summed E-state index contributed by atoms with van der Waals surface area (Å²) >= 11 is 0. The molecule has 12 nitrogen and oxygen atoms in total. The van der Waals surface area contributed by atoms with Gasteiger partial charge in [-0.1, -0.05) is 20.3 Å². The smallest absolute Gasteiger partial charge is 0.435 e. The first-order chi connectivity index (χ1) is 19.3. The quantitative estimate of drug-likeness (QED) is 0.276. The van der Waals surface area contributed by atoms with E-state index >= 15 is 0 Å². The van der Waals surface area contributed by atoms with Crippen LogP contribution in [0.25, 0.3) is 5.69 Å². The highest BCUT2D eigenvalue weighted by Gasteiger charge is 2.45. The normalized spacial score (nSPS) is 20.1. The van der Waals surface area contributed by atoms with Crippen LogP contribution in [0, 0.1) is 5.41 Å². The Morgan fingerprint density at radius 3 is 2.40 bits per heavy atom. The molecule has 232 valence electrons. The zero-order valence-electron chi connectivity index (χ0n) is 23.3. The number of alkyl halides is 3. The van der Waals surface area contributed by atoms with Crippen molar-refractivity contribution in [3.63, 3.8) is 0 Å². The third-order valence-electron chi connectivity index (χ3n) is 6.82. The first-order valence-corrected chi connectivity index (χ1v) is 14.9. The Balaban J connectivity index is 0.000000892. The summed E-state index contributed by atoms with van der Waals surface area (Å²) in [6, 6.07) is 3.96. The van der Waals surface area contributed by atoms with Crippen molar-refractivity contribution in [2.75, 3.05) is 18.1 Å². The van der Waals surface area contributed by atoms with Crippen LogP contribution < -0.4 is 16.8 Å². The van der Waals surface area contributed by atoms with Gasteiger partial charge >= 0.3 is 12.1 Å². The summed E-state index contributed by atoms with van der Waals surface area (Å²) in [7, 11) is -3.67. The van der Waals surface area contributed by atoms with Crippen molar-refractivity contribution in [2.24, 2.45) is 16.9 Å². The number of hydrogen-bond donors (Lipinski definition) is 4. The van der Waals surface area contributed by atoms with Crippen LogP contribution in [0.3, 0.4) is 0 Å². The predicted octanol–water partition coefficient (Wildman–Crippen LogP) is 2.87. The highest BCUT2D eigenvalue weighted by atomic mass is 32.2. The Labute approximate surface area is 240 Å². The van der Waals surface area contributed by atoms with Gasteiger partial charge in [-0.05, 0) is 49.3 Å². The monoisotopic (exact) mass is 617 g/mol. The van der Waals surface area contributed by atoms with Gasteiger partial charge in [0.2, 0.25) is 0 Å². The number of anilines is 1. The summed E-state index contributed by atoms with van der Waals surface area (Å²) in [4.78, 5) is 36.7. The number of nitrogens with one attached hydrogen (secondary N) is 1. The minimum absolute atomic E-state index is 0.0211. The Morgan fingerprint density at radius 2 is 1.83 bits per heavy atom. The average molecular weight is 618 g/mol. The van der Waals surface area contributed by atoms with Gasteiger partial charge < -0.3 is 21.5 Å². The molecule has 0 radical (unpaired) electrons. The van der Waals surface area contributed by atoms with Crippen molar-refractivity contribution in [1.29, 1.82) is 0 Å². The molecule has 0 saturated heterocycles. The van der Waals surface area contributed by atoms with Gasteiger partial charge in [-0.15, -0.1) is 0 Å². The molecular formula is C26H34F3N5O7S. The predicted molar refractivity (Wildman–Crippen MR) is 146 cm³/mol. The number of aromatic nitrogens is 2. The number of nitrogens with zero attached hydrogens (tertiary/aromatic N) is 2. The van der Waals surface area contributed by atoms with E-state index in [1.165, 1.54) is 18.2 Å². The van der Waals surface area contributed by atoms with Gasteiger partial charge in [0.25, 0.3) is 16.0 Å². The molecule has 6 N–H and O–H groups in total. The fourth-order valence-corrected chi connectivity index (χ4v) is 5.18. The van der Waals surface area contributed by atoms with Crippen LogP contribution in [-0.2, 0) is 32.2 Å². The molecule has 2 aliphatic rings. The first-order valence-electron chi connectivity index (χ1n) is 13.1. The van der Waals surface area contributed by atoms with Gasteiger partial charge in [0, 0.05) is 12.1 Å². The number of ketones is 1. The maximum atomic E-state index is 13.9. The molecule has 0 aliphatic heterocycles. The Morgan fingerprint density at radius 1 is 1.21 bits per heavy atom. The van der Waals surface area contributed by atoms with Crippen LogP contribution in [0.4, 0.5) is 18.9 Å². The van der Waals surface area contributed by atoms with Crippen LogP contribution >= 0.6 is 0 Å². The fraction of sp³-hybridized carbons (Fsp3) is 0.538. The van der Waals surface area contributed by atoms with Crippen molar-refractivity contribution in [3.8, 4) is 5.69 Å². The number of nitrogens with two attached hydrogens (primary N) is 2. The largest absolute Gasteiger partial charge is 0.459 e. The van der Waals surface area contributed by atoms with Crippen molar-refractivity contribution in [2.45, 2.75) is 70.7 Å². The number of primary amides is 1. The van der Waals surface area contributed by atoms with Crippen molar-refractivity contribution in [3.05, 3.63) is 40.7 Å². The number of hydrogen-bond acceptors (Lipinski definition) is 9. The number of Topliss-reactive ketones (excluding diaryl/α,β-unsaturated/α-hetero) is 1. The van der Waals surface area contributed by atoms with Gasteiger partial charge in [-0.3, -0.25) is 18.9 Å². The van der Waals surface area contributed by atoms with Crippen molar-refractivity contribution in [1.82, 2.24) is 9.78 Å². The molecule has 1 heterocycles. The zero-order chi connectivity index (χ0) is 31.6. The number of halogens is 3. The van der Waals surface area contributed by atoms with Gasteiger partial charge in [0.15, 0.2) is 11.5 Å². The highest BCUT2D eigenvalue weighted by molar-refractivity contribution is 7.85. The molecule has 0 unspecified atom stereocenters. The number of amides is 1. The maximum Gasteiger partial charge on any atom is 0.435 e. The third kappa shape index (κ3) is 8.29. The number of benzene rings is 1. The molecule has 0 bridgehead atoms. The van der Waals surface area contributed by atoms with Crippen molar-refractivity contribution < 1.29 is 45.3 Å².